The molecule has 0 saturated heterocycles. The number of rotatable bonds is 5. The molecule has 108 valence electrons. The van der Waals surface area contributed by atoms with Gasteiger partial charge in [-0.25, -0.2) is 4.39 Å². The molecule has 0 saturated carbocycles. The van der Waals surface area contributed by atoms with Gasteiger partial charge in [-0.1, -0.05) is 12.1 Å². The molecule has 0 spiro atoms. The number of benzene rings is 1. The van der Waals surface area contributed by atoms with Gasteiger partial charge in [0, 0.05) is 13.1 Å². The lowest BCUT2D eigenvalue weighted by Crippen LogP contribution is -2.07. The smallest absolute Gasteiger partial charge is 0.226 e. The summed E-state index contributed by atoms with van der Waals surface area (Å²) in [7, 11) is 0. The topological polar surface area (TPSA) is 78.5 Å². The number of nitrogens with zero attached hydrogens (tertiary/aromatic N) is 3. The van der Waals surface area contributed by atoms with E-state index in [1.165, 1.54) is 12.1 Å². The minimum atomic E-state index is -0.243. The lowest BCUT2D eigenvalue weighted by atomic mass is 10.2. The first-order valence-electron chi connectivity index (χ1n) is 6.69. The van der Waals surface area contributed by atoms with Crippen molar-refractivity contribution in [3.05, 3.63) is 41.8 Å². The third kappa shape index (κ3) is 2.91. The number of H-pyrrole nitrogens is 1. The van der Waals surface area contributed by atoms with Crippen molar-refractivity contribution in [3.8, 4) is 0 Å². The Morgan fingerprint density at radius 1 is 1.14 bits per heavy atom. The molecule has 6 nitrogen and oxygen atoms in total. The number of hydrogen-bond donors (Lipinski definition) is 3. The van der Waals surface area contributed by atoms with Crippen molar-refractivity contribution in [1.29, 1.82) is 0 Å². The maximum Gasteiger partial charge on any atom is 0.226 e. The Hall–Kier alpha value is -2.70. The summed E-state index contributed by atoms with van der Waals surface area (Å²) in [6, 6.07) is 6.35. The van der Waals surface area contributed by atoms with Crippen molar-refractivity contribution in [2.45, 2.75) is 13.5 Å². The standard InChI is InChI=1S/C14H15FN6/c1-2-16-14-19-12(11-8-18-21-13(11)20-14)17-7-9-3-5-10(15)6-4-9/h3-6,8H,2,7H2,1H3,(H3,16,17,18,19,20,21). The lowest BCUT2D eigenvalue weighted by Gasteiger charge is -2.09. The molecule has 0 aliphatic rings. The molecule has 0 fully saturated rings. The van der Waals surface area contributed by atoms with E-state index in [-0.39, 0.29) is 5.82 Å². The molecule has 0 amide bonds. The summed E-state index contributed by atoms with van der Waals surface area (Å²) in [5, 5.41) is 13.9. The second kappa shape index (κ2) is 5.74. The molecule has 0 unspecified atom stereocenters. The largest absolute Gasteiger partial charge is 0.365 e. The highest BCUT2D eigenvalue weighted by Crippen LogP contribution is 2.20. The molecule has 3 rings (SSSR count). The molecule has 0 atom stereocenters. The number of nitrogens with one attached hydrogen (secondary N) is 3. The highest BCUT2D eigenvalue weighted by atomic mass is 19.1. The monoisotopic (exact) mass is 286 g/mol. The van der Waals surface area contributed by atoms with Gasteiger partial charge in [-0.05, 0) is 24.6 Å². The highest BCUT2D eigenvalue weighted by Gasteiger charge is 2.08. The van der Waals surface area contributed by atoms with Crippen molar-refractivity contribution in [2.24, 2.45) is 0 Å². The van der Waals surface area contributed by atoms with Crippen LogP contribution in [0.3, 0.4) is 0 Å². The third-order valence-electron chi connectivity index (χ3n) is 3.02. The highest BCUT2D eigenvalue weighted by molar-refractivity contribution is 5.86. The Bertz CT molecular complexity index is 737. The molecule has 1 aromatic carbocycles. The van der Waals surface area contributed by atoms with Crippen molar-refractivity contribution < 1.29 is 4.39 Å². The van der Waals surface area contributed by atoms with Crippen LogP contribution >= 0.6 is 0 Å². The lowest BCUT2D eigenvalue weighted by molar-refractivity contribution is 0.627. The SMILES string of the molecule is CCNc1nc(NCc2ccc(F)cc2)c2cn[nH]c2n1. The van der Waals surface area contributed by atoms with Gasteiger partial charge >= 0.3 is 0 Å². The van der Waals surface area contributed by atoms with Gasteiger partial charge in [-0.3, -0.25) is 5.10 Å². The van der Waals surface area contributed by atoms with Gasteiger partial charge < -0.3 is 10.6 Å². The Morgan fingerprint density at radius 2 is 1.95 bits per heavy atom. The van der Waals surface area contributed by atoms with Crippen molar-refractivity contribution in [1.82, 2.24) is 20.2 Å². The van der Waals surface area contributed by atoms with Gasteiger partial charge in [-0.15, -0.1) is 0 Å². The number of halogens is 1. The summed E-state index contributed by atoms with van der Waals surface area (Å²) < 4.78 is 12.9. The normalized spacial score (nSPS) is 10.8. The van der Waals surface area contributed by atoms with E-state index in [0.29, 0.717) is 24.0 Å². The molecular weight excluding hydrogens is 271 g/mol. The van der Waals surface area contributed by atoms with Crippen LogP contribution in [0.25, 0.3) is 11.0 Å². The second-order valence-corrected chi connectivity index (χ2v) is 4.54. The van der Waals surface area contributed by atoms with Crippen LogP contribution in [0, 0.1) is 5.82 Å². The molecule has 2 aromatic heterocycles. The predicted molar refractivity (Wildman–Crippen MR) is 79.6 cm³/mol. The van der Waals surface area contributed by atoms with E-state index < -0.39 is 0 Å². The quantitative estimate of drug-likeness (QED) is 0.671. The van der Waals surface area contributed by atoms with E-state index in [4.69, 9.17) is 0 Å². The van der Waals surface area contributed by atoms with Crippen LogP contribution in [0.15, 0.2) is 30.5 Å². The average Bonchev–Trinajstić information content (AvgIpc) is 2.95. The van der Waals surface area contributed by atoms with Crippen LogP contribution in [0.1, 0.15) is 12.5 Å². The molecule has 21 heavy (non-hydrogen) atoms. The van der Waals surface area contributed by atoms with Crippen LogP contribution in [0.4, 0.5) is 16.2 Å². The maximum absolute atomic E-state index is 12.9. The minimum Gasteiger partial charge on any atom is -0.365 e. The second-order valence-electron chi connectivity index (χ2n) is 4.54. The fraction of sp³-hybridized carbons (Fsp3) is 0.214. The van der Waals surface area contributed by atoms with E-state index in [1.54, 1.807) is 18.3 Å². The Labute approximate surface area is 120 Å². The minimum absolute atomic E-state index is 0.243. The van der Waals surface area contributed by atoms with E-state index in [0.717, 1.165) is 17.5 Å². The number of fused-ring (bicyclic) bond motifs is 1. The van der Waals surface area contributed by atoms with E-state index in [1.807, 2.05) is 6.92 Å². The summed E-state index contributed by atoms with van der Waals surface area (Å²) in [6.45, 7) is 3.26. The van der Waals surface area contributed by atoms with Gasteiger partial charge in [0.1, 0.15) is 11.6 Å². The zero-order valence-electron chi connectivity index (χ0n) is 11.5. The van der Waals surface area contributed by atoms with Gasteiger partial charge in [0.2, 0.25) is 5.95 Å². The maximum atomic E-state index is 12.9. The van der Waals surface area contributed by atoms with Gasteiger partial charge in [0.25, 0.3) is 0 Å². The van der Waals surface area contributed by atoms with Crippen LogP contribution < -0.4 is 10.6 Å². The number of hydrogen-bond acceptors (Lipinski definition) is 5. The Morgan fingerprint density at radius 3 is 2.71 bits per heavy atom. The van der Waals surface area contributed by atoms with Gasteiger partial charge in [0.15, 0.2) is 5.65 Å². The fourth-order valence-corrected chi connectivity index (χ4v) is 1.99. The molecule has 3 aromatic rings. The van der Waals surface area contributed by atoms with Crippen molar-refractivity contribution in [3.63, 3.8) is 0 Å². The van der Waals surface area contributed by atoms with Gasteiger partial charge in [0.05, 0.1) is 11.6 Å². The molecule has 7 heteroatoms. The number of aromatic nitrogens is 4. The fourth-order valence-electron chi connectivity index (χ4n) is 1.99. The molecule has 0 aliphatic carbocycles. The van der Waals surface area contributed by atoms with E-state index >= 15 is 0 Å². The predicted octanol–water partition coefficient (Wildman–Crippen LogP) is 2.54. The first-order valence-corrected chi connectivity index (χ1v) is 6.69. The van der Waals surface area contributed by atoms with Crippen LogP contribution in [0.5, 0.6) is 0 Å². The van der Waals surface area contributed by atoms with Crippen LogP contribution in [0.2, 0.25) is 0 Å². The summed E-state index contributed by atoms with van der Waals surface area (Å²) in [4.78, 5) is 8.75. The summed E-state index contributed by atoms with van der Waals surface area (Å²) in [6.07, 6.45) is 1.68. The third-order valence-corrected chi connectivity index (χ3v) is 3.02. The average molecular weight is 286 g/mol. The van der Waals surface area contributed by atoms with Gasteiger partial charge in [-0.2, -0.15) is 15.1 Å². The Kier molecular flexibility index (Phi) is 3.63. The zero-order valence-corrected chi connectivity index (χ0v) is 11.5. The summed E-state index contributed by atoms with van der Waals surface area (Å²) >= 11 is 0. The van der Waals surface area contributed by atoms with Crippen LogP contribution in [-0.2, 0) is 6.54 Å². The summed E-state index contributed by atoms with van der Waals surface area (Å²) in [5.74, 6) is 0.984. The molecule has 0 bridgehead atoms. The van der Waals surface area contributed by atoms with E-state index in [2.05, 4.69) is 30.8 Å². The zero-order chi connectivity index (χ0) is 14.7. The molecule has 0 aliphatic heterocycles. The van der Waals surface area contributed by atoms with Crippen molar-refractivity contribution >= 4 is 22.8 Å². The van der Waals surface area contributed by atoms with Crippen molar-refractivity contribution in [2.75, 3.05) is 17.2 Å². The number of aromatic amines is 1. The first kappa shape index (κ1) is 13.3. The molecular formula is C14H15FN6. The number of anilines is 2. The first-order chi connectivity index (χ1) is 10.3. The molecule has 2 heterocycles. The van der Waals surface area contributed by atoms with E-state index in [9.17, 15) is 4.39 Å². The van der Waals surface area contributed by atoms with Crippen LogP contribution in [-0.4, -0.2) is 26.7 Å². The molecule has 3 N–H and O–H groups in total. The molecule has 0 radical (unpaired) electrons. The summed E-state index contributed by atoms with van der Waals surface area (Å²) in [5.41, 5.74) is 1.64. The Balaban J connectivity index is 1.84.